The summed E-state index contributed by atoms with van der Waals surface area (Å²) in [4.78, 5) is 19.6. The van der Waals surface area contributed by atoms with Crippen LogP contribution in [0.1, 0.15) is 18.2 Å². The van der Waals surface area contributed by atoms with E-state index in [1.54, 1.807) is 24.1 Å². The highest BCUT2D eigenvalue weighted by atomic mass is 35.5. The normalized spacial score (nSPS) is 16.6. The topological polar surface area (TPSA) is 76.8 Å². The molecule has 35 heavy (non-hydrogen) atoms. The van der Waals surface area contributed by atoms with E-state index in [0.717, 1.165) is 28.3 Å². The molecule has 0 aliphatic carbocycles. The number of amides is 1. The Bertz CT molecular complexity index is 1340. The van der Waals surface area contributed by atoms with Crippen molar-refractivity contribution in [2.75, 3.05) is 25.2 Å². The molecule has 2 heterocycles. The molecule has 1 N–H and O–H groups in total. The van der Waals surface area contributed by atoms with Crippen molar-refractivity contribution >= 4 is 34.2 Å². The monoisotopic (exact) mass is 491 g/mol. The lowest BCUT2D eigenvalue weighted by Gasteiger charge is -2.19. The van der Waals surface area contributed by atoms with E-state index in [9.17, 15) is 9.90 Å². The van der Waals surface area contributed by atoms with Gasteiger partial charge in [-0.1, -0.05) is 35.9 Å². The van der Waals surface area contributed by atoms with Gasteiger partial charge >= 0.3 is 0 Å². The van der Waals surface area contributed by atoms with E-state index in [2.05, 4.69) is 0 Å². The third kappa shape index (κ3) is 4.83. The maximum Gasteiger partial charge on any atom is 0.227 e. The second-order valence-corrected chi connectivity index (χ2v) is 8.98. The number of anilines is 1. The van der Waals surface area contributed by atoms with E-state index in [1.165, 1.54) is 0 Å². The van der Waals surface area contributed by atoms with Gasteiger partial charge in [0.25, 0.3) is 0 Å². The van der Waals surface area contributed by atoms with Gasteiger partial charge in [-0.15, -0.1) is 0 Å². The number of nitrogens with zero attached hydrogens (tertiary/aromatic N) is 3. The van der Waals surface area contributed by atoms with Crippen molar-refractivity contribution in [2.45, 2.75) is 25.0 Å². The maximum atomic E-state index is 12.9. The minimum atomic E-state index is -0.794. The van der Waals surface area contributed by atoms with Gasteiger partial charge in [0, 0.05) is 24.6 Å². The van der Waals surface area contributed by atoms with Crippen LogP contribution in [0.3, 0.4) is 0 Å². The summed E-state index contributed by atoms with van der Waals surface area (Å²) in [7, 11) is 1.62. The predicted molar refractivity (Wildman–Crippen MR) is 135 cm³/mol. The van der Waals surface area contributed by atoms with E-state index in [-0.39, 0.29) is 25.0 Å². The highest BCUT2D eigenvalue weighted by molar-refractivity contribution is 6.32. The van der Waals surface area contributed by atoms with Gasteiger partial charge in [0.1, 0.15) is 30.0 Å². The number of para-hydroxylation sites is 3. The Hall–Kier alpha value is -3.55. The van der Waals surface area contributed by atoms with E-state index in [1.807, 2.05) is 65.2 Å². The molecule has 1 aromatic heterocycles. The number of hydrogen-bond donors (Lipinski definition) is 1. The molecule has 1 fully saturated rings. The molecular weight excluding hydrogens is 466 g/mol. The molecule has 180 valence electrons. The average molecular weight is 492 g/mol. The number of aromatic nitrogens is 2. The summed E-state index contributed by atoms with van der Waals surface area (Å²) in [6.07, 6.45) is -0.445. The number of hydrogen-bond acceptors (Lipinski definition) is 5. The van der Waals surface area contributed by atoms with Crippen LogP contribution >= 0.6 is 11.6 Å². The lowest BCUT2D eigenvalue weighted by atomic mass is 10.1. The van der Waals surface area contributed by atoms with Crippen LogP contribution in [0.2, 0.25) is 5.02 Å². The number of fused-ring (bicyclic) bond motifs is 1. The first-order valence-electron chi connectivity index (χ1n) is 11.5. The molecule has 5 rings (SSSR count). The van der Waals surface area contributed by atoms with Crippen molar-refractivity contribution in [1.82, 2.24) is 9.55 Å². The first-order chi connectivity index (χ1) is 17.0. The molecule has 0 radical (unpaired) electrons. The van der Waals surface area contributed by atoms with Crippen LogP contribution < -0.4 is 14.4 Å². The number of aliphatic hydroxyl groups excluding tert-OH is 1. The number of ether oxygens (including phenoxy) is 2. The lowest BCUT2D eigenvalue weighted by Crippen LogP contribution is -2.26. The van der Waals surface area contributed by atoms with Gasteiger partial charge in [0.15, 0.2) is 0 Å². The Labute approximate surface area is 208 Å². The summed E-state index contributed by atoms with van der Waals surface area (Å²) < 4.78 is 13.0. The van der Waals surface area contributed by atoms with Crippen molar-refractivity contribution in [3.05, 3.63) is 83.6 Å². The van der Waals surface area contributed by atoms with Crippen LogP contribution in [0.25, 0.3) is 11.0 Å². The number of rotatable bonds is 8. The number of imidazole rings is 1. The third-order valence-corrected chi connectivity index (χ3v) is 6.53. The number of carbonyl (C=O) groups excluding carboxylic acids is 1. The molecule has 1 aliphatic rings. The zero-order valence-corrected chi connectivity index (χ0v) is 20.1. The molecule has 1 aliphatic heterocycles. The van der Waals surface area contributed by atoms with Gasteiger partial charge in [-0.05, 0) is 48.5 Å². The third-order valence-electron chi connectivity index (χ3n) is 6.22. The molecule has 7 nitrogen and oxygen atoms in total. The molecule has 0 saturated carbocycles. The number of benzene rings is 3. The molecular formula is C27H26ClN3O4. The number of methoxy groups -OCH3 is 1. The predicted octanol–water partition coefficient (Wildman–Crippen LogP) is 4.66. The molecule has 2 atom stereocenters. The summed E-state index contributed by atoms with van der Waals surface area (Å²) in [5.74, 6) is 2.00. The number of aliphatic hydroxyl groups is 1. The van der Waals surface area contributed by atoms with Crippen LogP contribution in [0, 0.1) is 0 Å². The van der Waals surface area contributed by atoms with Crippen LogP contribution in [-0.2, 0) is 11.3 Å². The summed E-state index contributed by atoms with van der Waals surface area (Å²) >= 11 is 6.17. The average Bonchev–Trinajstić information content (AvgIpc) is 3.44. The number of halogens is 1. The van der Waals surface area contributed by atoms with E-state index >= 15 is 0 Å². The Morgan fingerprint density at radius 3 is 2.60 bits per heavy atom. The van der Waals surface area contributed by atoms with Crippen LogP contribution in [-0.4, -0.2) is 46.9 Å². The van der Waals surface area contributed by atoms with Crippen LogP contribution in [0.4, 0.5) is 5.69 Å². The molecule has 0 spiro atoms. The Kier molecular flexibility index (Phi) is 6.61. The number of carbonyl (C=O) groups is 1. The van der Waals surface area contributed by atoms with Crippen molar-refractivity contribution in [2.24, 2.45) is 0 Å². The molecule has 1 amide bonds. The standard InChI is InChI=1S/C27H26ClN3O4/c1-34-21-12-10-19(11-13-21)30-15-18(14-26(30)33)27-29-23-7-3-4-8-24(23)31(27)16-20(32)17-35-25-9-5-2-6-22(25)28/h2-13,18,20,32H,14-17H2,1H3. The van der Waals surface area contributed by atoms with E-state index in [4.69, 9.17) is 26.1 Å². The van der Waals surface area contributed by atoms with Gasteiger partial charge in [-0.25, -0.2) is 4.98 Å². The van der Waals surface area contributed by atoms with Crippen molar-refractivity contribution in [3.8, 4) is 11.5 Å². The molecule has 4 aromatic rings. The highest BCUT2D eigenvalue weighted by Gasteiger charge is 2.35. The largest absolute Gasteiger partial charge is 0.497 e. The van der Waals surface area contributed by atoms with E-state index in [0.29, 0.717) is 23.7 Å². The van der Waals surface area contributed by atoms with Gasteiger partial charge in [0.05, 0.1) is 29.7 Å². The molecule has 3 aromatic carbocycles. The Balaban J connectivity index is 1.37. The second-order valence-electron chi connectivity index (χ2n) is 8.57. The van der Waals surface area contributed by atoms with Crippen molar-refractivity contribution in [1.29, 1.82) is 0 Å². The van der Waals surface area contributed by atoms with Crippen LogP contribution in [0.5, 0.6) is 11.5 Å². The quantitative estimate of drug-likeness (QED) is 0.388. The molecule has 1 saturated heterocycles. The minimum Gasteiger partial charge on any atom is -0.497 e. The summed E-state index contributed by atoms with van der Waals surface area (Å²) in [6.45, 7) is 0.880. The van der Waals surface area contributed by atoms with E-state index < -0.39 is 6.10 Å². The summed E-state index contributed by atoms with van der Waals surface area (Å²) in [5.41, 5.74) is 2.57. The second kappa shape index (κ2) is 9.98. The fourth-order valence-corrected chi connectivity index (χ4v) is 4.69. The maximum absolute atomic E-state index is 12.9. The first kappa shape index (κ1) is 23.2. The summed E-state index contributed by atoms with van der Waals surface area (Å²) in [5, 5.41) is 11.3. The fraction of sp³-hybridized carbons (Fsp3) is 0.259. The molecule has 8 heteroatoms. The Morgan fingerprint density at radius 1 is 1.09 bits per heavy atom. The van der Waals surface area contributed by atoms with Gasteiger partial charge in [0.2, 0.25) is 5.91 Å². The van der Waals surface area contributed by atoms with Gasteiger partial charge < -0.3 is 24.0 Å². The highest BCUT2D eigenvalue weighted by Crippen LogP contribution is 2.34. The lowest BCUT2D eigenvalue weighted by molar-refractivity contribution is -0.117. The Morgan fingerprint density at radius 2 is 1.83 bits per heavy atom. The molecule has 0 bridgehead atoms. The van der Waals surface area contributed by atoms with Crippen molar-refractivity contribution in [3.63, 3.8) is 0 Å². The summed E-state index contributed by atoms with van der Waals surface area (Å²) in [6, 6.07) is 22.4. The van der Waals surface area contributed by atoms with Crippen molar-refractivity contribution < 1.29 is 19.4 Å². The van der Waals surface area contributed by atoms with Gasteiger partial charge in [-0.3, -0.25) is 4.79 Å². The zero-order valence-electron chi connectivity index (χ0n) is 19.3. The smallest absolute Gasteiger partial charge is 0.227 e. The SMILES string of the molecule is COc1ccc(N2CC(c3nc4ccccc4n3CC(O)COc3ccccc3Cl)CC2=O)cc1. The minimum absolute atomic E-state index is 0.0429. The van der Waals surface area contributed by atoms with Crippen LogP contribution in [0.15, 0.2) is 72.8 Å². The zero-order chi connectivity index (χ0) is 24.4. The van der Waals surface area contributed by atoms with Gasteiger partial charge in [-0.2, -0.15) is 0 Å². The molecule has 2 unspecified atom stereocenters. The first-order valence-corrected chi connectivity index (χ1v) is 11.9. The fourth-order valence-electron chi connectivity index (χ4n) is 4.50.